The first-order valence-corrected chi connectivity index (χ1v) is 6.01. The highest BCUT2D eigenvalue weighted by Crippen LogP contribution is 2.34. The lowest BCUT2D eigenvalue weighted by Crippen LogP contribution is -2.00. The van der Waals surface area contributed by atoms with Crippen molar-refractivity contribution in [3.63, 3.8) is 0 Å². The van der Waals surface area contributed by atoms with Gasteiger partial charge in [-0.1, -0.05) is 23.9 Å². The number of pyridine rings is 1. The van der Waals surface area contributed by atoms with Gasteiger partial charge in [-0.15, -0.1) is 0 Å². The molecular weight excluding hydrogens is 268 g/mol. The van der Waals surface area contributed by atoms with Crippen molar-refractivity contribution >= 4 is 23.4 Å². The zero-order valence-corrected chi connectivity index (χ0v) is 10.3. The lowest BCUT2D eigenvalue weighted by Gasteiger charge is -2.04. The summed E-state index contributed by atoms with van der Waals surface area (Å²) in [6.45, 7) is 0. The zero-order valence-electron chi connectivity index (χ0n) is 9.52. The maximum atomic E-state index is 11.0. The van der Waals surface area contributed by atoms with E-state index in [1.165, 1.54) is 24.4 Å². The summed E-state index contributed by atoms with van der Waals surface area (Å²) in [6.07, 6.45) is 1.45. The number of hydrogen-bond acceptors (Lipinski definition) is 5. The van der Waals surface area contributed by atoms with Crippen LogP contribution >= 0.6 is 11.8 Å². The quantitative estimate of drug-likeness (QED) is 0.681. The molecule has 0 amide bonds. The van der Waals surface area contributed by atoms with Gasteiger partial charge in [-0.05, 0) is 18.2 Å². The average molecular weight is 276 g/mol. The second-order valence-electron chi connectivity index (χ2n) is 3.49. The molecule has 2 rings (SSSR count). The number of hydrogen-bond donors (Lipinski definition) is 1. The smallest absolute Gasteiger partial charge is 0.338 e. The second kappa shape index (κ2) is 5.49. The van der Waals surface area contributed by atoms with Crippen molar-refractivity contribution in [2.45, 2.75) is 9.92 Å². The predicted molar refractivity (Wildman–Crippen MR) is 68.4 cm³/mol. The molecule has 7 heteroatoms. The normalized spacial score (nSPS) is 10.1. The maximum Gasteiger partial charge on any atom is 0.338 e. The molecule has 0 unspecified atom stereocenters. The molecule has 0 fully saturated rings. The lowest BCUT2D eigenvalue weighted by atomic mass is 10.3. The Balaban J connectivity index is 2.42. The number of carbonyl (C=O) groups is 1. The van der Waals surface area contributed by atoms with Gasteiger partial charge in [0.2, 0.25) is 0 Å². The van der Waals surface area contributed by atoms with Gasteiger partial charge in [0.25, 0.3) is 5.69 Å². The van der Waals surface area contributed by atoms with Crippen molar-refractivity contribution in [3.05, 3.63) is 58.3 Å². The highest BCUT2D eigenvalue weighted by atomic mass is 32.2. The maximum absolute atomic E-state index is 11.0. The van der Waals surface area contributed by atoms with Crippen molar-refractivity contribution < 1.29 is 14.8 Å². The Hall–Kier alpha value is -2.41. The van der Waals surface area contributed by atoms with Gasteiger partial charge in [-0.25, -0.2) is 9.78 Å². The molecule has 2 aromatic rings. The fourth-order valence-corrected chi connectivity index (χ4v) is 2.41. The first-order valence-electron chi connectivity index (χ1n) is 5.19. The fourth-order valence-electron chi connectivity index (χ4n) is 1.43. The lowest BCUT2D eigenvalue weighted by molar-refractivity contribution is -0.387. The Morgan fingerprint density at radius 1 is 1.26 bits per heavy atom. The van der Waals surface area contributed by atoms with E-state index in [0.29, 0.717) is 4.90 Å². The molecule has 0 bridgehead atoms. The minimum Gasteiger partial charge on any atom is -0.478 e. The van der Waals surface area contributed by atoms with Crippen LogP contribution in [-0.2, 0) is 0 Å². The molecule has 96 valence electrons. The van der Waals surface area contributed by atoms with E-state index in [1.54, 1.807) is 18.2 Å². The molecule has 0 saturated heterocycles. The summed E-state index contributed by atoms with van der Waals surface area (Å²) in [5, 5.41) is 20.1. The molecule has 0 aliphatic rings. The van der Waals surface area contributed by atoms with Gasteiger partial charge in [0.1, 0.15) is 5.03 Å². The van der Waals surface area contributed by atoms with Crippen LogP contribution in [0.2, 0.25) is 0 Å². The van der Waals surface area contributed by atoms with Gasteiger partial charge >= 0.3 is 5.97 Å². The van der Waals surface area contributed by atoms with Crippen LogP contribution in [0, 0.1) is 10.1 Å². The van der Waals surface area contributed by atoms with Crippen molar-refractivity contribution in [1.29, 1.82) is 0 Å². The van der Waals surface area contributed by atoms with Gasteiger partial charge in [0, 0.05) is 12.3 Å². The molecule has 0 atom stereocenters. The summed E-state index contributed by atoms with van der Waals surface area (Å²) in [5.41, 5.74) is -0.0554. The molecule has 6 nitrogen and oxygen atoms in total. The number of nitro groups is 1. The molecule has 1 heterocycles. The number of nitro benzene ring substituents is 1. The molecule has 0 aliphatic carbocycles. The fraction of sp³-hybridized carbons (Fsp3) is 0. The largest absolute Gasteiger partial charge is 0.478 e. The standard InChI is InChI=1S/C12H8N2O4S/c15-12(16)8-4-3-7-13-11(8)19-10-6-2-1-5-9(10)14(17)18/h1-7H,(H,15,16). The van der Waals surface area contributed by atoms with Crippen LogP contribution in [-0.4, -0.2) is 21.0 Å². The van der Waals surface area contributed by atoms with E-state index in [9.17, 15) is 14.9 Å². The monoisotopic (exact) mass is 276 g/mol. The van der Waals surface area contributed by atoms with E-state index in [4.69, 9.17) is 5.11 Å². The molecule has 0 aliphatic heterocycles. The summed E-state index contributed by atoms with van der Waals surface area (Å²) < 4.78 is 0. The van der Waals surface area contributed by atoms with Gasteiger partial charge in [-0.2, -0.15) is 0 Å². The molecule has 0 radical (unpaired) electrons. The number of carboxylic acids is 1. The summed E-state index contributed by atoms with van der Waals surface area (Å²) in [6, 6.07) is 9.05. The Morgan fingerprint density at radius 3 is 2.68 bits per heavy atom. The Bertz CT molecular complexity index is 590. The summed E-state index contributed by atoms with van der Waals surface area (Å²) in [4.78, 5) is 25.7. The number of carboxylic acid groups (broad SMARTS) is 1. The molecule has 1 aromatic carbocycles. The van der Waals surface area contributed by atoms with Crippen LogP contribution in [0.5, 0.6) is 0 Å². The number of benzene rings is 1. The minimum absolute atomic E-state index is 0.0191. The third kappa shape index (κ3) is 2.89. The number of nitrogens with zero attached hydrogens (tertiary/aromatic N) is 2. The van der Waals surface area contributed by atoms with E-state index in [0.717, 1.165) is 11.8 Å². The molecule has 1 aromatic heterocycles. The van der Waals surface area contributed by atoms with Gasteiger partial charge in [-0.3, -0.25) is 10.1 Å². The highest BCUT2D eigenvalue weighted by molar-refractivity contribution is 7.99. The van der Waals surface area contributed by atoms with E-state index in [2.05, 4.69) is 4.98 Å². The molecule has 0 spiro atoms. The minimum atomic E-state index is -1.12. The van der Waals surface area contributed by atoms with E-state index in [1.807, 2.05) is 0 Å². The number of aromatic nitrogens is 1. The van der Waals surface area contributed by atoms with Gasteiger partial charge in [0.05, 0.1) is 15.4 Å². The predicted octanol–water partition coefficient (Wildman–Crippen LogP) is 2.84. The number of para-hydroxylation sites is 1. The van der Waals surface area contributed by atoms with Crippen molar-refractivity contribution in [1.82, 2.24) is 4.98 Å². The first kappa shape index (κ1) is 13.0. The van der Waals surface area contributed by atoms with Crippen LogP contribution in [0.3, 0.4) is 0 Å². The second-order valence-corrected chi connectivity index (χ2v) is 4.52. The number of rotatable bonds is 4. The molecular formula is C12H8N2O4S. The third-order valence-corrected chi connectivity index (χ3v) is 3.35. The first-order chi connectivity index (χ1) is 9.09. The van der Waals surface area contributed by atoms with Crippen LogP contribution in [0.25, 0.3) is 0 Å². The van der Waals surface area contributed by atoms with Gasteiger partial charge in [0.15, 0.2) is 0 Å². The van der Waals surface area contributed by atoms with Crippen molar-refractivity contribution in [2.24, 2.45) is 0 Å². The van der Waals surface area contributed by atoms with Crippen molar-refractivity contribution in [2.75, 3.05) is 0 Å². The van der Waals surface area contributed by atoms with Gasteiger partial charge < -0.3 is 5.11 Å². The molecule has 1 N–H and O–H groups in total. The Labute approximate surface area is 112 Å². The summed E-state index contributed by atoms with van der Waals surface area (Å²) in [7, 11) is 0. The summed E-state index contributed by atoms with van der Waals surface area (Å²) >= 11 is 0.964. The molecule has 0 saturated carbocycles. The van der Waals surface area contributed by atoms with Crippen LogP contribution in [0.4, 0.5) is 5.69 Å². The van der Waals surface area contributed by atoms with E-state index >= 15 is 0 Å². The highest BCUT2D eigenvalue weighted by Gasteiger charge is 2.17. The van der Waals surface area contributed by atoms with E-state index in [-0.39, 0.29) is 16.3 Å². The average Bonchev–Trinajstić information content (AvgIpc) is 2.39. The third-order valence-electron chi connectivity index (χ3n) is 2.27. The van der Waals surface area contributed by atoms with Crippen LogP contribution in [0.15, 0.2) is 52.5 Å². The van der Waals surface area contributed by atoms with Crippen molar-refractivity contribution in [3.8, 4) is 0 Å². The Morgan fingerprint density at radius 2 is 2.00 bits per heavy atom. The van der Waals surface area contributed by atoms with Crippen LogP contribution in [0.1, 0.15) is 10.4 Å². The van der Waals surface area contributed by atoms with Crippen LogP contribution < -0.4 is 0 Å². The van der Waals surface area contributed by atoms with E-state index < -0.39 is 10.9 Å². The zero-order chi connectivity index (χ0) is 13.8. The summed E-state index contributed by atoms with van der Waals surface area (Å²) in [5.74, 6) is -1.12. The SMILES string of the molecule is O=C(O)c1cccnc1Sc1ccccc1[N+](=O)[O-]. The number of aromatic carboxylic acids is 1. The molecule has 19 heavy (non-hydrogen) atoms. The Kier molecular flexibility index (Phi) is 3.76. The topological polar surface area (TPSA) is 93.3 Å².